The molecule has 0 saturated carbocycles. The van der Waals surface area contributed by atoms with Crippen LogP contribution in [0.4, 0.5) is 16.2 Å². The fourth-order valence-electron chi connectivity index (χ4n) is 7.20. The number of urea groups is 1. The molecule has 9 rings (SSSR count). The predicted molar refractivity (Wildman–Crippen MR) is 194 cm³/mol. The lowest BCUT2D eigenvalue weighted by molar-refractivity contribution is 0.237. The van der Waals surface area contributed by atoms with Crippen molar-refractivity contribution in [2.75, 3.05) is 10.0 Å². The molecule has 5 aromatic rings. The molecule has 0 spiro atoms. The van der Waals surface area contributed by atoms with E-state index in [0.29, 0.717) is 21.5 Å². The number of benzene rings is 5. The molecule has 13 nitrogen and oxygen atoms in total. The van der Waals surface area contributed by atoms with Gasteiger partial charge in [-0.1, -0.05) is 85.0 Å². The van der Waals surface area contributed by atoms with Gasteiger partial charge in [-0.25, -0.2) is 15.6 Å². The van der Waals surface area contributed by atoms with Gasteiger partial charge >= 0.3 is 6.03 Å². The molecular weight excluding hydrogens is 709 g/mol. The Bertz CT molecular complexity index is 2730. The van der Waals surface area contributed by atoms with E-state index < -0.39 is 59.6 Å². The van der Waals surface area contributed by atoms with Gasteiger partial charge in [-0.2, -0.15) is 16.8 Å². The van der Waals surface area contributed by atoms with Crippen LogP contribution in [0.1, 0.15) is 29.7 Å². The van der Waals surface area contributed by atoms with Crippen LogP contribution in [0.25, 0.3) is 21.5 Å². The van der Waals surface area contributed by atoms with Gasteiger partial charge in [-0.3, -0.25) is 19.1 Å². The topological polar surface area (TPSA) is 197 Å². The molecule has 4 aliphatic carbocycles. The summed E-state index contributed by atoms with van der Waals surface area (Å²) < 4.78 is 70.3. The van der Waals surface area contributed by atoms with E-state index in [1.807, 2.05) is 50.3 Å². The Balaban J connectivity index is 1.29. The third kappa shape index (κ3) is 5.16. The highest BCUT2D eigenvalue weighted by Gasteiger charge is 2.41. The van der Waals surface area contributed by atoms with Crippen LogP contribution in [-0.2, 0) is 20.2 Å². The van der Waals surface area contributed by atoms with Crippen LogP contribution in [-0.4, -0.2) is 48.2 Å². The molecule has 5 aromatic carbocycles. The third-order valence-corrected chi connectivity index (χ3v) is 11.5. The number of aromatic hydroxyl groups is 2. The highest BCUT2D eigenvalue weighted by atomic mass is 32.2. The Morgan fingerprint density at radius 3 is 1.67 bits per heavy atom. The van der Waals surface area contributed by atoms with Gasteiger partial charge in [0.05, 0.1) is 0 Å². The summed E-state index contributed by atoms with van der Waals surface area (Å²) >= 11 is 0. The van der Waals surface area contributed by atoms with Gasteiger partial charge in [-0.05, 0) is 70.2 Å². The van der Waals surface area contributed by atoms with E-state index in [2.05, 4.69) is 10.9 Å². The zero-order valence-corrected chi connectivity index (χ0v) is 29.1. The highest BCUT2D eigenvalue weighted by Crippen LogP contribution is 2.49. The second-order valence-electron chi connectivity index (χ2n) is 12.9. The van der Waals surface area contributed by atoms with E-state index >= 15 is 0 Å². The molecule has 0 aromatic heterocycles. The lowest BCUT2D eigenvalue weighted by Gasteiger charge is -2.45. The Kier molecular flexibility index (Phi) is 7.41. The molecule has 2 amide bonds. The molecule has 0 fully saturated rings. The van der Waals surface area contributed by atoms with Crippen LogP contribution in [0, 0.1) is 6.92 Å². The number of carbonyl (C=O) groups is 1. The molecule has 52 heavy (non-hydrogen) atoms. The van der Waals surface area contributed by atoms with Gasteiger partial charge in [0.15, 0.2) is 11.5 Å². The Morgan fingerprint density at radius 1 is 0.692 bits per heavy atom. The number of hydrogen-bond donors (Lipinski definition) is 6. The van der Waals surface area contributed by atoms with Gasteiger partial charge in [0.25, 0.3) is 20.2 Å². The Labute approximate surface area is 297 Å². The number of nitrogens with one attached hydrogen (secondary N) is 2. The van der Waals surface area contributed by atoms with E-state index in [-0.39, 0.29) is 11.4 Å². The monoisotopic (exact) mass is 738 g/mol. The molecule has 0 heterocycles. The van der Waals surface area contributed by atoms with Crippen molar-refractivity contribution in [3.8, 4) is 11.5 Å². The molecule has 0 saturated heterocycles. The van der Waals surface area contributed by atoms with E-state index in [1.54, 1.807) is 48.5 Å². The maximum absolute atomic E-state index is 14.4. The smallest absolute Gasteiger partial charge is 0.352 e. The fraction of sp³-hybridized carbons (Fsp3) is 0.108. The summed E-state index contributed by atoms with van der Waals surface area (Å²) in [6, 6.07) is 18.7. The third-order valence-electron chi connectivity index (χ3n) is 9.75. The van der Waals surface area contributed by atoms with Crippen LogP contribution >= 0.6 is 0 Å². The van der Waals surface area contributed by atoms with Crippen molar-refractivity contribution in [1.82, 2.24) is 10.9 Å². The van der Waals surface area contributed by atoms with E-state index in [0.717, 1.165) is 45.5 Å². The predicted octanol–water partition coefficient (Wildman–Crippen LogP) is 5.95. The van der Waals surface area contributed by atoms with Gasteiger partial charge in [-0.15, -0.1) is 0 Å². The number of hydrogen-bond acceptors (Lipinski definition) is 9. The van der Waals surface area contributed by atoms with Crippen LogP contribution in [0.3, 0.4) is 0 Å². The maximum atomic E-state index is 14.4. The first-order chi connectivity index (χ1) is 24.6. The number of fused-ring (bicyclic) bond motifs is 6. The van der Waals surface area contributed by atoms with Crippen molar-refractivity contribution in [2.24, 2.45) is 0 Å². The number of nitrogens with zero attached hydrogens (tertiary/aromatic N) is 2. The summed E-state index contributed by atoms with van der Waals surface area (Å²) in [5, 5.41) is 27.1. The number of allylic oxidation sites excluding steroid dienone is 2. The minimum atomic E-state index is -4.94. The maximum Gasteiger partial charge on any atom is 0.352 e. The quantitative estimate of drug-likeness (QED) is 0.0814. The second-order valence-corrected chi connectivity index (χ2v) is 15.6. The fourth-order valence-corrected chi connectivity index (χ4v) is 8.43. The van der Waals surface area contributed by atoms with Crippen LogP contribution in [0.5, 0.6) is 11.5 Å². The summed E-state index contributed by atoms with van der Waals surface area (Å²) in [4.78, 5) is 12.9. The number of rotatable bonds is 8. The van der Waals surface area contributed by atoms with E-state index in [4.69, 9.17) is 0 Å². The molecule has 4 bridgehead atoms. The molecule has 2 atom stereocenters. The summed E-state index contributed by atoms with van der Waals surface area (Å²) in [6.45, 7) is 3.72. The first-order valence-electron chi connectivity index (χ1n) is 15.9. The number of anilines is 2. The Morgan fingerprint density at radius 2 is 1.21 bits per heavy atom. The van der Waals surface area contributed by atoms with Crippen molar-refractivity contribution in [3.63, 3.8) is 0 Å². The summed E-state index contributed by atoms with van der Waals surface area (Å²) in [7, 11) is -9.88. The number of amides is 2. The lowest BCUT2D eigenvalue weighted by atomic mass is 9.77. The molecule has 264 valence electrons. The number of hydrazine groups is 2. The van der Waals surface area contributed by atoms with Crippen LogP contribution < -0.4 is 20.9 Å². The highest BCUT2D eigenvalue weighted by molar-refractivity contribution is 7.86. The molecule has 0 aliphatic heterocycles. The van der Waals surface area contributed by atoms with Crippen molar-refractivity contribution in [1.29, 1.82) is 0 Å². The molecule has 4 aliphatic rings. The SMILES string of the molecule is Cc1ccc2cc1C2N(NC(=O)NN(c1c(O)c(S(=O)(=O)O)cc2ccccc12)C1c2ccc(C)c1c2)c1c(O)c(S(=O)(=O)O)cc2ccccc12. The molecule has 2 unspecified atom stereocenters. The zero-order valence-electron chi connectivity index (χ0n) is 27.4. The second kappa shape index (κ2) is 11.6. The van der Waals surface area contributed by atoms with Crippen molar-refractivity contribution >= 4 is 59.2 Å². The summed E-state index contributed by atoms with van der Waals surface area (Å²) in [6.07, 6.45) is 5.60. The summed E-state index contributed by atoms with van der Waals surface area (Å²) in [5.41, 5.74) is 10.0. The number of carbonyl (C=O) groups excluding carboxylic acids is 1. The van der Waals surface area contributed by atoms with Gasteiger partial charge in [0.2, 0.25) is 0 Å². The van der Waals surface area contributed by atoms with E-state index in [1.165, 1.54) is 10.0 Å². The van der Waals surface area contributed by atoms with E-state index in [9.17, 15) is 40.9 Å². The number of phenols is 2. The zero-order chi connectivity index (χ0) is 36.9. The molecular formula is C37H30N4O9S2. The molecule has 6 N–H and O–H groups in total. The van der Waals surface area contributed by atoms with Crippen molar-refractivity contribution in [2.45, 2.75) is 35.7 Å². The van der Waals surface area contributed by atoms with Gasteiger partial charge in [0, 0.05) is 10.8 Å². The minimum absolute atomic E-state index is 0.116. The van der Waals surface area contributed by atoms with Gasteiger partial charge in [0.1, 0.15) is 33.2 Å². The lowest BCUT2D eigenvalue weighted by Crippen LogP contribution is -2.59. The number of aryl methyl sites for hydroxylation is 1. The standard InChI is InChI=1S/C37H30N4O9S2/c1-19-11-13-23-15-27(19)31(23)40(33-25-9-5-3-7-21(25)17-29(35(33)42)51(45,46)47)38-37(44)39-41(32-24-14-12-20(2)28(32)16-24)34-26-10-6-4-8-22(26)18-30(36(34)43)52(48,49)50/h3-18,31-32,42-43H,1-2H3,(H2,38,39,44)(H,45,46,47)(H,48,49,50). The van der Waals surface area contributed by atoms with Crippen molar-refractivity contribution < 1.29 is 40.9 Å². The number of phenolic OH excluding ortho intramolecular Hbond substituents is 2. The molecule has 0 radical (unpaired) electrons. The average molecular weight is 739 g/mol. The molecule has 15 heteroatoms. The van der Waals surface area contributed by atoms with Crippen LogP contribution in [0.2, 0.25) is 0 Å². The Hall–Kier alpha value is -5.87. The van der Waals surface area contributed by atoms with Crippen LogP contribution in [0.15, 0.2) is 124 Å². The van der Waals surface area contributed by atoms with Crippen molar-refractivity contribution in [3.05, 3.63) is 131 Å². The average Bonchev–Trinajstić information content (AvgIpc) is 3.06. The van der Waals surface area contributed by atoms with Gasteiger partial charge < -0.3 is 10.2 Å². The normalized spacial score (nSPS) is 17.3. The largest absolute Gasteiger partial charge is 0.504 e. The first-order valence-corrected chi connectivity index (χ1v) is 18.8. The first kappa shape index (κ1) is 33.3. The summed E-state index contributed by atoms with van der Waals surface area (Å²) in [5.74, 6) is -1.61. The minimum Gasteiger partial charge on any atom is -0.504 e.